The maximum absolute atomic E-state index is 12.2. The van der Waals surface area contributed by atoms with Crippen molar-refractivity contribution in [3.63, 3.8) is 0 Å². The predicted octanol–water partition coefficient (Wildman–Crippen LogP) is 1.44. The fraction of sp³-hybridized carbons (Fsp3) is 0.583. The maximum atomic E-state index is 12.2. The van der Waals surface area contributed by atoms with E-state index < -0.39 is 0 Å². The molecule has 1 saturated heterocycles. The van der Waals surface area contributed by atoms with E-state index in [1.54, 1.807) is 17.2 Å². The Morgan fingerprint density at radius 3 is 3.19 bits per heavy atom. The van der Waals surface area contributed by atoms with Crippen LogP contribution >= 0.6 is 0 Å². The third-order valence-corrected chi connectivity index (χ3v) is 3.15. The summed E-state index contributed by atoms with van der Waals surface area (Å²) in [6.07, 6.45) is 4.12. The molecule has 0 bridgehead atoms. The predicted molar refractivity (Wildman–Crippen MR) is 59.2 cm³/mol. The molecule has 1 aromatic heterocycles. The fourth-order valence-corrected chi connectivity index (χ4v) is 2.25. The number of aryl methyl sites for hydroxylation is 1. The van der Waals surface area contributed by atoms with Crippen LogP contribution in [0.15, 0.2) is 16.7 Å². The van der Waals surface area contributed by atoms with Crippen LogP contribution in [-0.2, 0) is 6.42 Å². The Morgan fingerprint density at radius 2 is 2.50 bits per heavy atom. The minimum Gasteiger partial charge on any atom is -0.469 e. The van der Waals surface area contributed by atoms with Crippen LogP contribution < -0.4 is 0 Å². The molecule has 0 spiro atoms. The van der Waals surface area contributed by atoms with Gasteiger partial charge in [0.25, 0.3) is 5.91 Å². The van der Waals surface area contributed by atoms with E-state index in [4.69, 9.17) is 4.42 Å². The molecule has 0 unspecified atom stereocenters. The van der Waals surface area contributed by atoms with Gasteiger partial charge in [0.05, 0.1) is 24.5 Å². The number of carbonyl (C=O) groups excluding carboxylic acids is 1. The number of carbonyl (C=O) groups is 1. The molecule has 1 amide bonds. The zero-order valence-electron chi connectivity index (χ0n) is 9.48. The molecule has 0 radical (unpaired) electrons. The van der Waals surface area contributed by atoms with Crippen molar-refractivity contribution in [3.05, 3.63) is 23.7 Å². The Kier molecular flexibility index (Phi) is 3.29. The van der Waals surface area contributed by atoms with E-state index >= 15 is 0 Å². The molecular weight excluding hydrogens is 206 g/mol. The number of nitrogens with zero attached hydrogens (tertiary/aromatic N) is 1. The van der Waals surface area contributed by atoms with Crippen LogP contribution in [0, 0.1) is 0 Å². The van der Waals surface area contributed by atoms with Gasteiger partial charge in [0.15, 0.2) is 0 Å². The summed E-state index contributed by atoms with van der Waals surface area (Å²) in [7, 11) is 0. The molecular formula is C12H17NO3. The average Bonchev–Trinajstić information content (AvgIpc) is 2.96. The molecule has 88 valence electrons. The molecule has 0 saturated carbocycles. The minimum atomic E-state index is -0.0212. The molecule has 2 rings (SSSR count). The molecule has 1 atom stereocenters. The quantitative estimate of drug-likeness (QED) is 0.843. The Bertz CT molecular complexity index is 372. The summed E-state index contributed by atoms with van der Waals surface area (Å²) in [4.78, 5) is 14.0. The van der Waals surface area contributed by atoms with Crippen molar-refractivity contribution in [1.82, 2.24) is 4.90 Å². The van der Waals surface area contributed by atoms with Crippen molar-refractivity contribution in [3.8, 4) is 0 Å². The highest BCUT2D eigenvalue weighted by atomic mass is 16.3. The van der Waals surface area contributed by atoms with E-state index in [-0.39, 0.29) is 18.6 Å². The Hall–Kier alpha value is -1.29. The zero-order valence-corrected chi connectivity index (χ0v) is 9.48. The second kappa shape index (κ2) is 4.70. The van der Waals surface area contributed by atoms with Crippen LogP contribution in [-0.4, -0.2) is 35.1 Å². The summed E-state index contributed by atoms with van der Waals surface area (Å²) in [5, 5.41) is 9.19. The van der Waals surface area contributed by atoms with E-state index in [1.165, 1.54) is 0 Å². The summed E-state index contributed by atoms with van der Waals surface area (Å²) >= 11 is 0. The number of furan rings is 1. The van der Waals surface area contributed by atoms with Gasteiger partial charge in [-0.2, -0.15) is 0 Å². The molecule has 4 heteroatoms. The lowest BCUT2D eigenvalue weighted by Gasteiger charge is -2.22. The first-order valence-electron chi connectivity index (χ1n) is 5.76. The number of amides is 1. The summed E-state index contributed by atoms with van der Waals surface area (Å²) in [6.45, 7) is 2.74. The summed E-state index contributed by atoms with van der Waals surface area (Å²) in [5.41, 5.74) is 0.642. The molecule has 4 nitrogen and oxygen atoms in total. The number of likely N-dealkylation sites (tertiary alicyclic amines) is 1. The van der Waals surface area contributed by atoms with E-state index in [0.29, 0.717) is 12.0 Å². The maximum Gasteiger partial charge on any atom is 0.257 e. The van der Waals surface area contributed by atoms with Gasteiger partial charge in [0.2, 0.25) is 0 Å². The lowest BCUT2D eigenvalue weighted by Crippen LogP contribution is -2.37. The largest absolute Gasteiger partial charge is 0.469 e. The fourth-order valence-electron chi connectivity index (χ4n) is 2.25. The smallest absolute Gasteiger partial charge is 0.257 e. The molecule has 1 aliphatic heterocycles. The molecule has 0 aliphatic carbocycles. The Labute approximate surface area is 94.9 Å². The molecule has 1 fully saturated rings. The van der Waals surface area contributed by atoms with Crippen molar-refractivity contribution in [2.45, 2.75) is 32.2 Å². The van der Waals surface area contributed by atoms with E-state index in [0.717, 1.165) is 25.1 Å². The van der Waals surface area contributed by atoms with Crippen LogP contribution in [0.25, 0.3) is 0 Å². The van der Waals surface area contributed by atoms with Gasteiger partial charge in [-0.25, -0.2) is 0 Å². The van der Waals surface area contributed by atoms with Gasteiger partial charge in [0, 0.05) is 13.0 Å². The van der Waals surface area contributed by atoms with E-state index in [1.807, 2.05) is 6.92 Å². The number of aliphatic hydroxyl groups is 1. The molecule has 16 heavy (non-hydrogen) atoms. The Morgan fingerprint density at radius 1 is 1.69 bits per heavy atom. The highest BCUT2D eigenvalue weighted by molar-refractivity contribution is 5.95. The summed E-state index contributed by atoms with van der Waals surface area (Å²) in [6, 6.07) is 1.69. The van der Waals surface area contributed by atoms with Crippen molar-refractivity contribution in [1.29, 1.82) is 0 Å². The van der Waals surface area contributed by atoms with Crippen LogP contribution in [0.3, 0.4) is 0 Å². The second-order valence-electron chi connectivity index (χ2n) is 4.09. The molecule has 2 heterocycles. The van der Waals surface area contributed by atoms with Crippen molar-refractivity contribution >= 4 is 5.91 Å². The topological polar surface area (TPSA) is 53.7 Å². The van der Waals surface area contributed by atoms with E-state index in [9.17, 15) is 9.90 Å². The lowest BCUT2D eigenvalue weighted by molar-refractivity contribution is 0.0675. The van der Waals surface area contributed by atoms with Gasteiger partial charge in [-0.15, -0.1) is 0 Å². The van der Waals surface area contributed by atoms with Gasteiger partial charge in [-0.3, -0.25) is 4.79 Å². The van der Waals surface area contributed by atoms with E-state index in [2.05, 4.69) is 0 Å². The zero-order chi connectivity index (χ0) is 11.5. The lowest BCUT2D eigenvalue weighted by atomic mass is 10.1. The van der Waals surface area contributed by atoms with Crippen molar-refractivity contribution < 1.29 is 14.3 Å². The standard InChI is InChI=1S/C12H17NO3/c1-2-11-10(5-7-16-11)12(15)13-6-3-4-9(13)8-14/h5,7,9,14H,2-4,6,8H2,1H3/t9-/m1/s1. The second-order valence-corrected chi connectivity index (χ2v) is 4.09. The number of hydrogen-bond acceptors (Lipinski definition) is 3. The molecule has 1 aliphatic rings. The first-order valence-corrected chi connectivity index (χ1v) is 5.76. The van der Waals surface area contributed by atoms with Crippen LogP contribution in [0.5, 0.6) is 0 Å². The van der Waals surface area contributed by atoms with Crippen molar-refractivity contribution in [2.24, 2.45) is 0 Å². The summed E-state index contributed by atoms with van der Waals surface area (Å²) in [5.74, 6) is 0.718. The first-order chi connectivity index (χ1) is 7.77. The van der Waals surface area contributed by atoms with Crippen LogP contribution in [0.1, 0.15) is 35.9 Å². The average molecular weight is 223 g/mol. The summed E-state index contributed by atoms with van der Waals surface area (Å²) < 4.78 is 5.25. The number of hydrogen-bond donors (Lipinski definition) is 1. The molecule has 1 aromatic rings. The Balaban J connectivity index is 2.18. The number of aliphatic hydroxyl groups excluding tert-OH is 1. The normalized spacial score (nSPS) is 20.4. The molecule has 1 N–H and O–H groups in total. The highest BCUT2D eigenvalue weighted by Gasteiger charge is 2.30. The van der Waals surface area contributed by atoms with Crippen LogP contribution in [0.4, 0.5) is 0 Å². The third kappa shape index (κ3) is 1.85. The van der Waals surface area contributed by atoms with Gasteiger partial charge >= 0.3 is 0 Å². The minimum absolute atomic E-state index is 0.0119. The highest BCUT2D eigenvalue weighted by Crippen LogP contribution is 2.22. The monoisotopic (exact) mass is 223 g/mol. The van der Waals surface area contributed by atoms with Gasteiger partial charge < -0.3 is 14.4 Å². The van der Waals surface area contributed by atoms with Crippen molar-refractivity contribution in [2.75, 3.05) is 13.2 Å². The van der Waals surface area contributed by atoms with Gasteiger partial charge in [-0.05, 0) is 18.9 Å². The van der Waals surface area contributed by atoms with Gasteiger partial charge in [-0.1, -0.05) is 6.92 Å². The third-order valence-electron chi connectivity index (χ3n) is 3.15. The number of rotatable bonds is 3. The first kappa shape index (κ1) is 11.2. The molecule has 0 aromatic carbocycles. The van der Waals surface area contributed by atoms with Crippen LogP contribution in [0.2, 0.25) is 0 Å². The van der Waals surface area contributed by atoms with Gasteiger partial charge in [0.1, 0.15) is 5.76 Å². The SMILES string of the molecule is CCc1occc1C(=O)N1CCC[C@@H]1CO.